The molecule has 0 bridgehead atoms. The highest BCUT2D eigenvalue weighted by Gasteiger charge is 2.23. The maximum Gasteiger partial charge on any atom is 0.266 e. The average Bonchev–Trinajstić information content (AvgIpc) is 2.75. The number of rotatable bonds is 1. The lowest BCUT2D eigenvalue weighted by atomic mass is 10.2. The molecular formula is C13H16N4OS. The van der Waals surface area contributed by atoms with Crippen LogP contribution in [0.3, 0.4) is 0 Å². The number of fused-ring (bicyclic) bond motifs is 1. The summed E-state index contributed by atoms with van der Waals surface area (Å²) >= 11 is 1.39. The van der Waals surface area contributed by atoms with Gasteiger partial charge in [0.05, 0.1) is 5.69 Å². The lowest BCUT2D eigenvalue weighted by molar-refractivity contribution is 0.0741. The molecule has 0 unspecified atom stereocenters. The van der Waals surface area contributed by atoms with Crippen molar-refractivity contribution in [2.24, 2.45) is 0 Å². The fraction of sp³-hybridized carbons (Fsp3) is 0.385. The van der Waals surface area contributed by atoms with Crippen molar-refractivity contribution >= 4 is 33.1 Å². The molecule has 0 saturated carbocycles. The number of piperazine rings is 1. The van der Waals surface area contributed by atoms with Crippen molar-refractivity contribution in [3.8, 4) is 0 Å². The minimum atomic E-state index is 0.0275. The van der Waals surface area contributed by atoms with Crippen molar-refractivity contribution < 1.29 is 4.79 Å². The molecule has 0 spiro atoms. The number of amides is 1. The van der Waals surface area contributed by atoms with Crippen molar-refractivity contribution in [1.29, 1.82) is 0 Å². The zero-order valence-corrected chi connectivity index (χ0v) is 11.6. The van der Waals surface area contributed by atoms with Gasteiger partial charge in [-0.1, -0.05) is 0 Å². The van der Waals surface area contributed by atoms with Crippen molar-refractivity contribution in [3.05, 3.63) is 22.7 Å². The Hall–Kier alpha value is -1.66. The van der Waals surface area contributed by atoms with Crippen LogP contribution in [0.15, 0.2) is 12.1 Å². The van der Waals surface area contributed by atoms with Crippen molar-refractivity contribution in [2.45, 2.75) is 6.92 Å². The molecule has 6 heteroatoms. The first-order valence-corrected chi connectivity index (χ1v) is 7.14. The molecule has 1 fully saturated rings. The number of nitrogens with one attached hydrogen (secondary N) is 1. The summed E-state index contributed by atoms with van der Waals surface area (Å²) in [5, 5.41) is 4.12. The van der Waals surface area contributed by atoms with Gasteiger partial charge in [-0.2, -0.15) is 0 Å². The number of thiophene rings is 1. The van der Waals surface area contributed by atoms with Crippen LogP contribution in [-0.2, 0) is 0 Å². The molecule has 1 amide bonds. The molecule has 1 saturated heterocycles. The third-order valence-corrected chi connectivity index (χ3v) is 4.43. The number of nitrogens with two attached hydrogens (primary N) is 1. The van der Waals surface area contributed by atoms with E-state index in [1.807, 2.05) is 24.0 Å². The molecule has 19 heavy (non-hydrogen) atoms. The number of anilines is 1. The van der Waals surface area contributed by atoms with Gasteiger partial charge < -0.3 is 16.0 Å². The van der Waals surface area contributed by atoms with Crippen molar-refractivity contribution in [3.63, 3.8) is 0 Å². The van der Waals surface area contributed by atoms with Gasteiger partial charge in [-0.15, -0.1) is 11.3 Å². The van der Waals surface area contributed by atoms with Crippen LogP contribution >= 0.6 is 11.3 Å². The second-order valence-electron chi connectivity index (χ2n) is 4.69. The van der Waals surface area contributed by atoms with Gasteiger partial charge in [0.25, 0.3) is 5.91 Å². The number of hydrogen-bond acceptors (Lipinski definition) is 5. The second kappa shape index (κ2) is 4.79. The number of carbonyl (C=O) groups excluding carboxylic acids is 1. The minimum Gasteiger partial charge on any atom is -0.397 e. The van der Waals surface area contributed by atoms with Gasteiger partial charge in [-0.25, -0.2) is 4.98 Å². The van der Waals surface area contributed by atoms with E-state index >= 15 is 0 Å². The van der Waals surface area contributed by atoms with E-state index in [1.54, 1.807) is 0 Å². The second-order valence-corrected chi connectivity index (χ2v) is 5.69. The highest BCUT2D eigenvalue weighted by molar-refractivity contribution is 7.21. The fourth-order valence-corrected chi connectivity index (χ4v) is 3.37. The van der Waals surface area contributed by atoms with Crippen LogP contribution < -0.4 is 11.1 Å². The number of hydrogen-bond donors (Lipinski definition) is 2. The normalized spacial score (nSPS) is 15.9. The Labute approximate surface area is 115 Å². The largest absolute Gasteiger partial charge is 0.397 e. The Kier molecular flexibility index (Phi) is 3.12. The summed E-state index contributed by atoms with van der Waals surface area (Å²) in [5.41, 5.74) is 7.61. The van der Waals surface area contributed by atoms with Gasteiger partial charge in [0, 0.05) is 37.3 Å². The van der Waals surface area contributed by atoms with Gasteiger partial charge in [-0.3, -0.25) is 4.79 Å². The summed E-state index contributed by atoms with van der Waals surface area (Å²) in [6, 6.07) is 3.86. The van der Waals surface area contributed by atoms with E-state index in [9.17, 15) is 4.79 Å². The maximum atomic E-state index is 12.5. The molecule has 0 aromatic carbocycles. The molecular weight excluding hydrogens is 260 g/mol. The zero-order valence-electron chi connectivity index (χ0n) is 10.8. The van der Waals surface area contributed by atoms with Crippen LogP contribution in [0.5, 0.6) is 0 Å². The van der Waals surface area contributed by atoms with E-state index in [0.717, 1.165) is 42.1 Å². The summed E-state index contributed by atoms with van der Waals surface area (Å²) in [6.45, 7) is 5.09. The summed E-state index contributed by atoms with van der Waals surface area (Å²) < 4.78 is 0. The van der Waals surface area contributed by atoms with E-state index in [2.05, 4.69) is 10.3 Å². The standard InChI is InChI=1S/C13H16N4OS/c1-8-2-3-9-10(14)11(19-12(9)16-8)13(18)17-6-4-15-5-7-17/h2-3,15H,4-7,14H2,1H3. The molecule has 2 aromatic heterocycles. The monoisotopic (exact) mass is 276 g/mol. The third-order valence-electron chi connectivity index (χ3n) is 3.33. The van der Waals surface area contributed by atoms with Gasteiger partial charge in [-0.05, 0) is 19.1 Å². The lowest BCUT2D eigenvalue weighted by Crippen LogP contribution is -2.46. The van der Waals surface area contributed by atoms with Crippen molar-refractivity contribution in [1.82, 2.24) is 15.2 Å². The molecule has 3 N–H and O–H groups in total. The van der Waals surface area contributed by atoms with Crippen LogP contribution in [-0.4, -0.2) is 42.0 Å². The number of nitrogen functional groups attached to an aromatic ring is 1. The highest BCUT2D eigenvalue weighted by atomic mass is 32.1. The van der Waals surface area contributed by atoms with Gasteiger partial charge in [0.1, 0.15) is 9.71 Å². The first kappa shape index (κ1) is 12.4. The molecule has 0 atom stereocenters. The zero-order chi connectivity index (χ0) is 13.4. The van der Waals surface area contributed by atoms with E-state index in [-0.39, 0.29) is 5.91 Å². The van der Waals surface area contributed by atoms with Gasteiger partial charge in [0.2, 0.25) is 0 Å². The average molecular weight is 276 g/mol. The highest BCUT2D eigenvalue weighted by Crippen LogP contribution is 2.33. The Morgan fingerprint density at radius 2 is 2.16 bits per heavy atom. The topological polar surface area (TPSA) is 71.2 Å². The summed E-state index contributed by atoms with van der Waals surface area (Å²) in [4.78, 5) is 20.2. The number of pyridine rings is 1. The van der Waals surface area contributed by atoms with Crippen LogP contribution in [0.25, 0.3) is 10.2 Å². The number of aromatic nitrogens is 1. The first-order valence-electron chi connectivity index (χ1n) is 6.32. The van der Waals surface area contributed by atoms with Crippen LogP contribution in [0.1, 0.15) is 15.4 Å². The summed E-state index contributed by atoms with van der Waals surface area (Å²) in [6.07, 6.45) is 0. The maximum absolute atomic E-state index is 12.5. The first-order chi connectivity index (χ1) is 9.16. The Morgan fingerprint density at radius 3 is 2.89 bits per heavy atom. The Bertz CT molecular complexity index is 631. The molecule has 1 aliphatic heterocycles. The molecule has 3 rings (SSSR count). The number of carbonyl (C=O) groups is 1. The number of nitrogens with zero attached hydrogens (tertiary/aromatic N) is 2. The van der Waals surface area contributed by atoms with E-state index in [4.69, 9.17) is 5.73 Å². The van der Waals surface area contributed by atoms with E-state index < -0.39 is 0 Å². The quantitative estimate of drug-likeness (QED) is 0.822. The predicted molar refractivity (Wildman–Crippen MR) is 77.5 cm³/mol. The van der Waals surface area contributed by atoms with Gasteiger partial charge >= 0.3 is 0 Å². The lowest BCUT2D eigenvalue weighted by Gasteiger charge is -2.27. The Morgan fingerprint density at radius 1 is 1.42 bits per heavy atom. The summed E-state index contributed by atoms with van der Waals surface area (Å²) in [5.74, 6) is 0.0275. The Balaban J connectivity index is 2.00. The molecule has 2 aromatic rings. The smallest absolute Gasteiger partial charge is 0.266 e. The predicted octanol–water partition coefficient (Wildman–Crippen LogP) is 1.23. The van der Waals surface area contributed by atoms with E-state index in [1.165, 1.54) is 11.3 Å². The summed E-state index contributed by atoms with van der Waals surface area (Å²) in [7, 11) is 0. The number of aryl methyl sites for hydroxylation is 1. The SMILES string of the molecule is Cc1ccc2c(N)c(C(=O)N3CCNCC3)sc2n1. The fourth-order valence-electron chi connectivity index (χ4n) is 2.26. The van der Waals surface area contributed by atoms with Crippen LogP contribution in [0.4, 0.5) is 5.69 Å². The van der Waals surface area contributed by atoms with E-state index in [0.29, 0.717) is 10.6 Å². The molecule has 100 valence electrons. The minimum absolute atomic E-state index is 0.0275. The van der Waals surface area contributed by atoms with Crippen molar-refractivity contribution in [2.75, 3.05) is 31.9 Å². The van der Waals surface area contributed by atoms with Crippen LogP contribution in [0.2, 0.25) is 0 Å². The van der Waals surface area contributed by atoms with Gasteiger partial charge in [0.15, 0.2) is 0 Å². The molecule has 0 aliphatic carbocycles. The molecule has 0 radical (unpaired) electrons. The molecule has 3 heterocycles. The van der Waals surface area contributed by atoms with Crippen LogP contribution in [0, 0.1) is 6.92 Å². The molecule has 1 aliphatic rings. The molecule has 5 nitrogen and oxygen atoms in total. The third kappa shape index (κ3) is 2.17.